The number of nitrogens with one attached hydrogen (secondary N) is 2. The van der Waals surface area contributed by atoms with Gasteiger partial charge < -0.3 is 19.8 Å². The van der Waals surface area contributed by atoms with E-state index in [1.807, 2.05) is 12.1 Å². The van der Waals surface area contributed by atoms with Gasteiger partial charge in [0.05, 0.1) is 24.2 Å². The van der Waals surface area contributed by atoms with Crippen molar-refractivity contribution in [1.29, 1.82) is 0 Å². The second-order valence-electron chi connectivity index (χ2n) is 6.49. The van der Waals surface area contributed by atoms with Crippen molar-refractivity contribution in [2.75, 3.05) is 24.8 Å². The number of hydrogen-bond donors (Lipinski definition) is 2. The quantitative estimate of drug-likeness (QED) is 0.289. The number of nitrogens with zero attached hydrogens (tertiary/aromatic N) is 1. The van der Waals surface area contributed by atoms with Crippen LogP contribution < -0.4 is 15.6 Å². The molecular weight excluding hydrogens is 402 g/mol. The minimum absolute atomic E-state index is 0.0730. The van der Waals surface area contributed by atoms with Crippen molar-refractivity contribution < 1.29 is 14.3 Å². The van der Waals surface area contributed by atoms with Gasteiger partial charge >= 0.3 is 5.97 Å². The molecule has 8 heteroatoms. The van der Waals surface area contributed by atoms with Crippen LogP contribution in [-0.4, -0.2) is 35.4 Å². The number of carbonyl (C=O) groups excluding carboxylic acids is 1. The van der Waals surface area contributed by atoms with Gasteiger partial charge in [-0.25, -0.2) is 9.78 Å². The number of H-pyrrole nitrogens is 1. The summed E-state index contributed by atoms with van der Waals surface area (Å²) in [5, 5.41) is 3.58. The average Bonchev–Trinajstić information content (AvgIpc) is 2.75. The Morgan fingerprint density at radius 1 is 1.27 bits per heavy atom. The smallest absolute Gasteiger partial charge is 0.337 e. The van der Waals surface area contributed by atoms with Crippen LogP contribution in [-0.2, 0) is 9.53 Å². The van der Waals surface area contributed by atoms with E-state index in [1.54, 1.807) is 32.2 Å². The summed E-state index contributed by atoms with van der Waals surface area (Å²) >= 11 is 1.37. The number of benzene rings is 1. The molecular formula is C22H23N3O4S. The Kier molecular flexibility index (Phi) is 6.79. The fourth-order valence-electron chi connectivity index (χ4n) is 3.25. The van der Waals surface area contributed by atoms with E-state index >= 15 is 0 Å². The van der Waals surface area contributed by atoms with Crippen LogP contribution >= 0.6 is 11.8 Å². The third-order valence-electron chi connectivity index (χ3n) is 4.56. The normalized spacial score (nSPS) is 15.1. The minimum Gasteiger partial charge on any atom is -0.497 e. The van der Waals surface area contributed by atoms with Gasteiger partial charge in [0.15, 0.2) is 5.16 Å². The van der Waals surface area contributed by atoms with Gasteiger partial charge in [-0.2, -0.15) is 0 Å². The van der Waals surface area contributed by atoms with Crippen LogP contribution in [0.4, 0.5) is 5.82 Å². The molecule has 1 aromatic heterocycles. The number of carbonyl (C=O) groups is 1. The number of aromatic nitrogens is 2. The number of thioether (sulfide) groups is 1. The van der Waals surface area contributed by atoms with Crippen molar-refractivity contribution in [2.45, 2.75) is 18.0 Å². The number of fused-ring (bicyclic) bond motifs is 1. The lowest BCUT2D eigenvalue weighted by Crippen LogP contribution is -2.31. The summed E-state index contributed by atoms with van der Waals surface area (Å²) in [5.41, 5.74) is 1.73. The van der Waals surface area contributed by atoms with Crippen molar-refractivity contribution in [3.05, 3.63) is 82.3 Å². The summed E-state index contributed by atoms with van der Waals surface area (Å²) in [5.74, 6) is 0.545. The van der Waals surface area contributed by atoms with Crippen LogP contribution in [0.5, 0.6) is 5.75 Å². The molecule has 1 aliphatic heterocycles. The van der Waals surface area contributed by atoms with E-state index in [-0.39, 0.29) is 12.2 Å². The molecule has 0 spiro atoms. The number of allylic oxidation sites excluding steroid dienone is 1. The molecule has 0 saturated carbocycles. The Morgan fingerprint density at radius 3 is 2.63 bits per heavy atom. The van der Waals surface area contributed by atoms with Gasteiger partial charge in [0.2, 0.25) is 0 Å². The zero-order valence-corrected chi connectivity index (χ0v) is 17.7. The van der Waals surface area contributed by atoms with E-state index in [0.717, 1.165) is 5.56 Å². The molecule has 7 nitrogen and oxygen atoms in total. The fourth-order valence-corrected chi connectivity index (χ4v) is 3.85. The lowest BCUT2D eigenvalue weighted by atomic mass is 9.82. The minimum atomic E-state index is -0.640. The highest BCUT2D eigenvalue weighted by Gasteiger charge is 2.36. The number of anilines is 1. The molecule has 1 atom stereocenters. The summed E-state index contributed by atoms with van der Waals surface area (Å²) in [7, 11) is 1.58. The molecule has 2 aromatic rings. The summed E-state index contributed by atoms with van der Waals surface area (Å²) in [6, 6.07) is 7.23. The van der Waals surface area contributed by atoms with E-state index in [0.29, 0.717) is 39.3 Å². The monoisotopic (exact) mass is 425 g/mol. The number of aromatic amines is 1. The highest BCUT2D eigenvalue weighted by atomic mass is 32.2. The standard InChI is InChI=1S/C22H23N3O4S/c1-5-11-29-21(27)16-13(3)23-19-18(20(26)25-22(24-19)30-12-6-2)17(16)14-7-9-15(28-4)10-8-14/h5-10,17H,1-2,11-12H2,3-4H3,(H2,23,24,25,26)/t17-/m0/s1. The second kappa shape index (κ2) is 9.49. The lowest BCUT2D eigenvalue weighted by molar-refractivity contribution is -0.138. The second-order valence-corrected chi connectivity index (χ2v) is 7.50. The van der Waals surface area contributed by atoms with Crippen LogP contribution in [0.15, 0.2) is 70.8 Å². The highest BCUT2D eigenvalue weighted by molar-refractivity contribution is 7.99. The highest BCUT2D eigenvalue weighted by Crippen LogP contribution is 2.40. The van der Waals surface area contributed by atoms with Crippen molar-refractivity contribution in [3.8, 4) is 5.75 Å². The maximum Gasteiger partial charge on any atom is 0.337 e. The molecule has 0 radical (unpaired) electrons. The first kappa shape index (κ1) is 21.4. The van der Waals surface area contributed by atoms with Gasteiger partial charge in [0.1, 0.15) is 18.2 Å². The van der Waals surface area contributed by atoms with Crippen LogP contribution in [0.1, 0.15) is 24.0 Å². The number of rotatable bonds is 8. The van der Waals surface area contributed by atoms with E-state index in [4.69, 9.17) is 9.47 Å². The summed E-state index contributed by atoms with van der Waals surface area (Å²) in [6.45, 7) is 9.11. The van der Waals surface area contributed by atoms with Gasteiger partial charge in [0.25, 0.3) is 5.56 Å². The maximum absolute atomic E-state index is 13.1. The first-order valence-electron chi connectivity index (χ1n) is 9.27. The molecule has 1 aliphatic rings. The Morgan fingerprint density at radius 2 is 2.00 bits per heavy atom. The molecule has 30 heavy (non-hydrogen) atoms. The summed E-state index contributed by atoms with van der Waals surface area (Å²) < 4.78 is 10.5. The number of ether oxygens (including phenoxy) is 2. The van der Waals surface area contributed by atoms with Crippen LogP contribution in [0.25, 0.3) is 0 Å². The molecule has 3 rings (SSSR count). The average molecular weight is 426 g/mol. The molecule has 0 unspecified atom stereocenters. The van der Waals surface area contributed by atoms with Crippen molar-refractivity contribution in [1.82, 2.24) is 9.97 Å². The zero-order valence-electron chi connectivity index (χ0n) is 16.9. The van der Waals surface area contributed by atoms with E-state index in [9.17, 15) is 9.59 Å². The molecule has 0 fully saturated rings. The largest absolute Gasteiger partial charge is 0.497 e. The SMILES string of the molecule is C=CCOC(=O)C1=C(C)Nc2nc(SCC=C)[nH]c(=O)c2[C@H]1c1ccc(OC)cc1. The third kappa shape index (κ3) is 4.33. The van der Waals surface area contributed by atoms with Crippen LogP contribution in [0, 0.1) is 0 Å². The number of methoxy groups -OCH3 is 1. The van der Waals surface area contributed by atoms with E-state index in [2.05, 4.69) is 28.4 Å². The molecule has 0 aliphatic carbocycles. The van der Waals surface area contributed by atoms with Gasteiger partial charge in [-0.15, -0.1) is 6.58 Å². The topological polar surface area (TPSA) is 93.3 Å². The van der Waals surface area contributed by atoms with Gasteiger partial charge in [-0.1, -0.05) is 42.6 Å². The summed E-state index contributed by atoms with van der Waals surface area (Å²) in [6.07, 6.45) is 3.23. The Labute approximate surface area is 178 Å². The van der Waals surface area contributed by atoms with Gasteiger partial charge in [-0.3, -0.25) is 4.79 Å². The van der Waals surface area contributed by atoms with Crippen molar-refractivity contribution in [2.24, 2.45) is 0 Å². The maximum atomic E-state index is 13.1. The fraction of sp³-hybridized carbons (Fsp3) is 0.227. The van der Waals surface area contributed by atoms with Crippen LogP contribution in [0.3, 0.4) is 0 Å². The Hall–Kier alpha value is -3.26. The van der Waals surface area contributed by atoms with Crippen molar-refractivity contribution >= 4 is 23.5 Å². The first-order valence-corrected chi connectivity index (χ1v) is 10.3. The zero-order chi connectivity index (χ0) is 21.7. The first-order chi connectivity index (χ1) is 14.5. The molecule has 0 saturated heterocycles. The molecule has 1 aromatic carbocycles. The molecule has 2 N–H and O–H groups in total. The number of hydrogen-bond acceptors (Lipinski definition) is 7. The molecule has 0 bridgehead atoms. The van der Waals surface area contributed by atoms with Crippen molar-refractivity contribution in [3.63, 3.8) is 0 Å². The Bertz CT molecular complexity index is 1060. The van der Waals surface area contributed by atoms with Gasteiger partial charge in [-0.05, 0) is 24.6 Å². The predicted molar refractivity (Wildman–Crippen MR) is 118 cm³/mol. The summed E-state index contributed by atoms with van der Waals surface area (Å²) in [4.78, 5) is 33.3. The van der Waals surface area contributed by atoms with Gasteiger partial charge in [0, 0.05) is 11.4 Å². The lowest BCUT2D eigenvalue weighted by Gasteiger charge is -2.28. The molecule has 0 amide bonds. The van der Waals surface area contributed by atoms with E-state index in [1.165, 1.54) is 17.8 Å². The molecule has 2 heterocycles. The van der Waals surface area contributed by atoms with E-state index < -0.39 is 11.9 Å². The Balaban J connectivity index is 2.16. The predicted octanol–water partition coefficient (Wildman–Crippen LogP) is 3.62. The molecule has 156 valence electrons. The third-order valence-corrected chi connectivity index (χ3v) is 5.43. The number of esters is 1. The van der Waals surface area contributed by atoms with Crippen LogP contribution in [0.2, 0.25) is 0 Å².